The van der Waals surface area contributed by atoms with Gasteiger partial charge < -0.3 is 10.2 Å². The fourth-order valence-corrected chi connectivity index (χ4v) is 2.05. The molecule has 120 valence electrons. The Labute approximate surface area is 145 Å². The van der Waals surface area contributed by atoms with E-state index in [2.05, 4.69) is 33.9 Å². The smallest absolute Gasteiger partial charge is 0.193 e. The lowest BCUT2D eigenvalue weighted by Crippen LogP contribution is -2.38. The molecule has 1 heterocycles. The summed E-state index contributed by atoms with van der Waals surface area (Å²) in [5, 5.41) is 7.52. The molecule has 0 aliphatic heterocycles. The highest BCUT2D eigenvalue weighted by atomic mass is 127. The van der Waals surface area contributed by atoms with E-state index < -0.39 is 0 Å². The van der Waals surface area contributed by atoms with Crippen molar-refractivity contribution < 1.29 is 0 Å². The average Bonchev–Trinajstić information content (AvgIpc) is 2.85. The van der Waals surface area contributed by atoms with Crippen molar-refractivity contribution in [3.63, 3.8) is 0 Å². The second kappa shape index (κ2) is 11.6. The number of unbranched alkanes of at least 4 members (excludes halogenated alkanes) is 3. The van der Waals surface area contributed by atoms with Crippen LogP contribution in [0.15, 0.2) is 30.0 Å². The molecule has 1 aromatic heterocycles. The number of guanidine groups is 1. The van der Waals surface area contributed by atoms with Gasteiger partial charge in [0.2, 0.25) is 0 Å². The SMILES string of the molecule is C=CCCCCCN(C)C(=NC)NCc1cnn(C)c1.I. The zero-order valence-corrected chi connectivity index (χ0v) is 15.7. The van der Waals surface area contributed by atoms with Crippen LogP contribution in [0.5, 0.6) is 0 Å². The average molecular weight is 405 g/mol. The van der Waals surface area contributed by atoms with Crippen LogP contribution in [0.1, 0.15) is 31.2 Å². The Bertz CT molecular complexity index is 427. The summed E-state index contributed by atoms with van der Waals surface area (Å²) >= 11 is 0. The third-order valence-electron chi connectivity index (χ3n) is 3.18. The lowest BCUT2D eigenvalue weighted by Gasteiger charge is -2.21. The van der Waals surface area contributed by atoms with Crippen molar-refractivity contribution in [1.29, 1.82) is 0 Å². The molecule has 0 spiro atoms. The number of allylic oxidation sites excluding steroid dienone is 1. The van der Waals surface area contributed by atoms with Gasteiger partial charge in [-0.2, -0.15) is 5.10 Å². The van der Waals surface area contributed by atoms with E-state index in [-0.39, 0.29) is 24.0 Å². The summed E-state index contributed by atoms with van der Waals surface area (Å²) in [6, 6.07) is 0. The summed E-state index contributed by atoms with van der Waals surface area (Å²) in [6.07, 6.45) is 10.6. The Balaban J connectivity index is 0.00000400. The van der Waals surface area contributed by atoms with Crippen molar-refractivity contribution in [2.75, 3.05) is 20.6 Å². The molecule has 0 radical (unpaired) electrons. The van der Waals surface area contributed by atoms with E-state index in [1.807, 2.05) is 37.2 Å². The van der Waals surface area contributed by atoms with Crippen LogP contribution in [-0.2, 0) is 13.6 Å². The van der Waals surface area contributed by atoms with Gasteiger partial charge in [0, 0.05) is 46.0 Å². The van der Waals surface area contributed by atoms with E-state index in [9.17, 15) is 0 Å². The molecule has 0 amide bonds. The van der Waals surface area contributed by atoms with Crippen LogP contribution in [0, 0.1) is 0 Å². The molecule has 6 heteroatoms. The Kier molecular flexibility index (Phi) is 11.0. The minimum absolute atomic E-state index is 0. The second-order valence-corrected chi connectivity index (χ2v) is 4.98. The summed E-state index contributed by atoms with van der Waals surface area (Å²) in [4.78, 5) is 6.48. The molecule has 0 bridgehead atoms. The Morgan fingerprint density at radius 2 is 2.24 bits per heavy atom. The van der Waals surface area contributed by atoms with Crippen molar-refractivity contribution in [3.05, 3.63) is 30.6 Å². The molecule has 21 heavy (non-hydrogen) atoms. The predicted octanol–water partition coefficient (Wildman–Crippen LogP) is 2.79. The van der Waals surface area contributed by atoms with Crippen LogP contribution >= 0.6 is 24.0 Å². The molecule has 0 aliphatic rings. The molecule has 5 nitrogen and oxygen atoms in total. The maximum atomic E-state index is 4.31. The summed E-state index contributed by atoms with van der Waals surface area (Å²) < 4.78 is 1.81. The first-order chi connectivity index (χ1) is 9.67. The molecule has 0 saturated heterocycles. The molecule has 0 fully saturated rings. The van der Waals surface area contributed by atoms with Gasteiger partial charge in [-0.3, -0.25) is 9.67 Å². The number of nitrogens with zero attached hydrogens (tertiary/aromatic N) is 4. The summed E-state index contributed by atoms with van der Waals surface area (Å²) in [5.74, 6) is 0.928. The highest BCUT2D eigenvalue weighted by Gasteiger charge is 2.05. The number of hydrogen-bond donors (Lipinski definition) is 1. The third kappa shape index (κ3) is 8.08. The molecule has 1 aromatic rings. The summed E-state index contributed by atoms with van der Waals surface area (Å²) in [5.41, 5.74) is 1.16. The number of halogens is 1. The molecular formula is C15H28IN5. The van der Waals surface area contributed by atoms with Gasteiger partial charge in [0.05, 0.1) is 6.20 Å². The van der Waals surface area contributed by atoms with Gasteiger partial charge in [-0.15, -0.1) is 30.6 Å². The number of nitrogens with one attached hydrogen (secondary N) is 1. The number of aryl methyl sites for hydroxylation is 1. The standard InChI is InChI=1S/C15H27N5.HI/c1-5-6-7-8-9-10-19(3)15(16-2)17-11-14-12-18-20(4)13-14;/h5,12-13H,1,6-11H2,2-4H3,(H,16,17);1H. The largest absolute Gasteiger partial charge is 0.352 e. The van der Waals surface area contributed by atoms with Crippen molar-refractivity contribution in [3.8, 4) is 0 Å². The van der Waals surface area contributed by atoms with Gasteiger partial charge in [-0.25, -0.2) is 0 Å². The molecule has 0 unspecified atom stereocenters. The molecular weight excluding hydrogens is 377 g/mol. The number of hydrogen-bond acceptors (Lipinski definition) is 2. The minimum Gasteiger partial charge on any atom is -0.352 e. The van der Waals surface area contributed by atoms with E-state index in [0.717, 1.165) is 31.0 Å². The lowest BCUT2D eigenvalue weighted by molar-refractivity contribution is 0.455. The second-order valence-electron chi connectivity index (χ2n) is 4.98. The maximum Gasteiger partial charge on any atom is 0.193 e. The fourth-order valence-electron chi connectivity index (χ4n) is 2.05. The van der Waals surface area contributed by atoms with Crippen molar-refractivity contribution in [2.45, 2.75) is 32.2 Å². The Hall–Kier alpha value is -1.05. The monoisotopic (exact) mass is 405 g/mol. The quantitative estimate of drug-likeness (QED) is 0.238. The lowest BCUT2D eigenvalue weighted by atomic mass is 10.2. The minimum atomic E-state index is 0. The number of rotatable bonds is 8. The van der Waals surface area contributed by atoms with Crippen LogP contribution in [0.25, 0.3) is 0 Å². The van der Waals surface area contributed by atoms with Gasteiger partial charge in [-0.05, 0) is 19.3 Å². The van der Waals surface area contributed by atoms with Crippen molar-refractivity contribution in [1.82, 2.24) is 20.0 Å². The molecule has 0 saturated carbocycles. The Morgan fingerprint density at radius 1 is 1.48 bits per heavy atom. The van der Waals surface area contributed by atoms with Gasteiger partial charge in [0.15, 0.2) is 5.96 Å². The predicted molar refractivity (Wildman–Crippen MR) is 100 cm³/mol. The third-order valence-corrected chi connectivity index (χ3v) is 3.18. The van der Waals surface area contributed by atoms with Crippen LogP contribution in [0.3, 0.4) is 0 Å². The number of aliphatic imine (C=N–C) groups is 1. The van der Waals surface area contributed by atoms with Crippen molar-refractivity contribution in [2.24, 2.45) is 12.0 Å². The first kappa shape index (κ1) is 19.9. The molecule has 1 rings (SSSR count). The Morgan fingerprint density at radius 3 is 2.81 bits per heavy atom. The van der Waals surface area contributed by atoms with Gasteiger partial charge in [-0.1, -0.05) is 12.5 Å². The normalized spacial score (nSPS) is 10.9. The topological polar surface area (TPSA) is 45.4 Å². The first-order valence-corrected chi connectivity index (χ1v) is 7.17. The van der Waals surface area contributed by atoms with E-state index in [0.29, 0.717) is 0 Å². The van der Waals surface area contributed by atoms with E-state index in [1.165, 1.54) is 19.3 Å². The highest BCUT2D eigenvalue weighted by molar-refractivity contribution is 14.0. The van der Waals surface area contributed by atoms with E-state index in [1.54, 1.807) is 0 Å². The van der Waals surface area contributed by atoms with Crippen LogP contribution in [0.2, 0.25) is 0 Å². The zero-order valence-electron chi connectivity index (χ0n) is 13.4. The van der Waals surface area contributed by atoms with Crippen LogP contribution < -0.4 is 5.32 Å². The maximum absolute atomic E-state index is 4.31. The van der Waals surface area contributed by atoms with Gasteiger partial charge >= 0.3 is 0 Å². The van der Waals surface area contributed by atoms with E-state index >= 15 is 0 Å². The summed E-state index contributed by atoms with van der Waals surface area (Å²) in [7, 11) is 5.82. The molecule has 0 aliphatic carbocycles. The molecule has 1 N–H and O–H groups in total. The number of aromatic nitrogens is 2. The van der Waals surface area contributed by atoms with Crippen LogP contribution in [0.4, 0.5) is 0 Å². The van der Waals surface area contributed by atoms with E-state index in [4.69, 9.17) is 0 Å². The van der Waals surface area contributed by atoms with Gasteiger partial charge in [0.1, 0.15) is 0 Å². The summed E-state index contributed by atoms with van der Waals surface area (Å²) in [6.45, 7) is 5.51. The van der Waals surface area contributed by atoms with Crippen molar-refractivity contribution >= 4 is 29.9 Å². The highest BCUT2D eigenvalue weighted by Crippen LogP contribution is 2.02. The van der Waals surface area contributed by atoms with Crippen LogP contribution in [-0.4, -0.2) is 41.3 Å². The first-order valence-electron chi connectivity index (χ1n) is 7.17. The fraction of sp³-hybridized carbons (Fsp3) is 0.600. The zero-order chi connectivity index (χ0) is 14.8. The molecule has 0 atom stereocenters. The van der Waals surface area contributed by atoms with Gasteiger partial charge in [0.25, 0.3) is 0 Å². The molecule has 0 aromatic carbocycles.